The van der Waals surface area contributed by atoms with Crippen LogP contribution in [0.1, 0.15) is 56.9 Å². The lowest BCUT2D eigenvalue weighted by molar-refractivity contribution is -0.0971. The van der Waals surface area contributed by atoms with Gasteiger partial charge < -0.3 is 26.8 Å². The van der Waals surface area contributed by atoms with Gasteiger partial charge in [-0.1, -0.05) is 33.3 Å². The van der Waals surface area contributed by atoms with Gasteiger partial charge in [-0.15, -0.1) is 10.2 Å². The van der Waals surface area contributed by atoms with Gasteiger partial charge in [0.25, 0.3) is 5.91 Å². The number of anilines is 3. The van der Waals surface area contributed by atoms with Crippen molar-refractivity contribution >= 4 is 40.4 Å². The number of nitrogens with zero attached hydrogens (tertiary/aromatic N) is 4. The van der Waals surface area contributed by atoms with Gasteiger partial charge in [0, 0.05) is 22.7 Å². The second-order valence-corrected chi connectivity index (χ2v) is 9.74. The van der Waals surface area contributed by atoms with Crippen LogP contribution in [0.2, 0.25) is 0 Å². The molecule has 4 rings (SSSR count). The van der Waals surface area contributed by atoms with Gasteiger partial charge in [-0.25, -0.2) is 4.79 Å². The maximum absolute atomic E-state index is 12.0. The lowest BCUT2D eigenvalue weighted by Crippen LogP contribution is -2.60. The first-order chi connectivity index (χ1) is 16.6. The van der Waals surface area contributed by atoms with Crippen molar-refractivity contribution in [3.8, 4) is 0 Å². The highest BCUT2D eigenvalue weighted by Crippen LogP contribution is 2.46. The summed E-state index contributed by atoms with van der Waals surface area (Å²) in [4.78, 5) is 32.7. The summed E-state index contributed by atoms with van der Waals surface area (Å²) < 4.78 is 5.76. The van der Waals surface area contributed by atoms with E-state index in [0.717, 1.165) is 23.7 Å². The second-order valence-electron chi connectivity index (χ2n) is 9.74. The molecule has 1 aromatic carbocycles. The van der Waals surface area contributed by atoms with Gasteiger partial charge in [-0.2, -0.15) is 4.98 Å². The molecule has 0 spiro atoms. The minimum atomic E-state index is -0.873. The number of nitrogens with one attached hydrogen (secondary N) is 2. The molecule has 1 fully saturated rings. The van der Waals surface area contributed by atoms with Gasteiger partial charge in [-0.3, -0.25) is 9.78 Å². The van der Waals surface area contributed by atoms with E-state index >= 15 is 0 Å². The van der Waals surface area contributed by atoms with Crippen LogP contribution in [0.3, 0.4) is 0 Å². The first kappa shape index (κ1) is 24.1. The third-order valence-electron chi connectivity index (χ3n) is 6.50. The Morgan fingerprint density at radius 1 is 1.14 bits per heavy atom. The zero-order chi connectivity index (χ0) is 25.2. The number of primary amides is 2. The first-order valence-electron chi connectivity index (χ1n) is 11.5. The molecule has 35 heavy (non-hydrogen) atoms. The summed E-state index contributed by atoms with van der Waals surface area (Å²) in [5, 5.41) is 15.4. The molecule has 2 amide bonds. The highest BCUT2D eigenvalue weighted by molar-refractivity contribution is 5.96. The van der Waals surface area contributed by atoms with Crippen LogP contribution in [0, 0.1) is 5.41 Å². The third-order valence-corrected chi connectivity index (χ3v) is 6.50. The van der Waals surface area contributed by atoms with Crippen molar-refractivity contribution in [1.82, 2.24) is 20.2 Å². The molecule has 0 bridgehead atoms. The number of ether oxygens (including phenoxy) is 1. The molecule has 6 N–H and O–H groups in total. The van der Waals surface area contributed by atoms with Crippen LogP contribution in [0.4, 0.5) is 22.2 Å². The smallest absolute Gasteiger partial charge is 0.405 e. The predicted molar refractivity (Wildman–Crippen MR) is 132 cm³/mol. The van der Waals surface area contributed by atoms with E-state index in [1.165, 1.54) is 0 Å². The number of benzene rings is 1. The predicted octanol–water partition coefficient (Wildman–Crippen LogP) is 3.50. The molecule has 11 nitrogen and oxygen atoms in total. The van der Waals surface area contributed by atoms with Crippen LogP contribution >= 0.6 is 0 Å². The highest BCUT2D eigenvalue weighted by Gasteiger charge is 2.52. The Balaban J connectivity index is 1.67. The quantitative estimate of drug-likeness (QED) is 0.414. The molecule has 0 saturated heterocycles. The van der Waals surface area contributed by atoms with E-state index < -0.39 is 23.0 Å². The molecule has 0 radical (unpaired) electrons. The number of nitrogens with two attached hydrogens (primary N) is 2. The van der Waals surface area contributed by atoms with Crippen molar-refractivity contribution in [3.05, 3.63) is 42.2 Å². The number of carbonyl (C=O) groups excluding carboxylic acids is 2. The maximum atomic E-state index is 12.0. The molecule has 184 valence electrons. The molecule has 1 aliphatic rings. The second kappa shape index (κ2) is 9.32. The summed E-state index contributed by atoms with van der Waals surface area (Å²) in [6.07, 6.45) is 4.07. The fourth-order valence-corrected chi connectivity index (χ4v) is 4.77. The van der Waals surface area contributed by atoms with Crippen molar-refractivity contribution in [1.29, 1.82) is 0 Å². The summed E-state index contributed by atoms with van der Waals surface area (Å²) in [5.74, 6) is -0.431. The van der Waals surface area contributed by atoms with Gasteiger partial charge in [-0.05, 0) is 43.5 Å². The van der Waals surface area contributed by atoms with Crippen molar-refractivity contribution in [3.63, 3.8) is 0 Å². The average molecular weight is 479 g/mol. The molecular formula is C24H30N8O3. The number of aromatic nitrogens is 4. The zero-order valence-corrected chi connectivity index (χ0v) is 20.0. The molecule has 2 heterocycles. The maximum Gasteiger partial charge on any atom is 0.405 e. The largest absolute Gasteiger partial charge is 0.440 e. The molecule has 1 aliphatic carbocycles. The SMILES string of the molecule is CC(C)(C)[C@@]1(OC(N)=O)CCCC[C@H]1Nc1nnc(C(N)=O)c(Nc2ccc3ncccc3c2)n1. The molecule has 1 saturated carbocycles. The zero-order valence-electron chi connectivity index (χ0n) is 20.0. The van der Waals surface area contributed by atoms with Gasteiger partial charge in [0.15, 0.2) is 11.5 Å². The van der Waals surface area contributed by atoms with Crippen LogP contribution in [0.5, 0.6) is 0 Å². The Morgan fingerprint density at radius 3 is 2.66 bits per heavy atom. The van der Waals surface area contributed by atoms with Crippen LogP contribution in [-0.4, -0.2) is 43.8 Å². The van der Waals surface area contributed by atoms with E-state index in [9.17, 15) is 9.59 Å². The number of amides is 2. The van der Waals surface area contributed by atoms with Crippen LogP contribution in [0.25, 0.3) is 10.9 Å². The fourth-order valence-electron chi connectivity index (χ4n) is 4.77. The average Bonchev–Trinajstić information content (AvgIpc) is 2.79. The molecular weight excluding hydrogens is 448 g/mol. The van der Waals surface area contributed by atoms with Crippen LogP contribution < -0.4 is 22.1 Å². The van der Waals surface area contributed by atoms with E-state index in [1.54, 1.807) is 6.20 Å². The fraction of sp³-hybridized carbons (Fsp3) is 0.417. The third kappa shape index (κ3) is 4.93. The van der Waals surface area contributed by atoms with E-state index in [1.807, 2.05) is 51.1 Å². The Bertz CT molecular complexity index is 1260. The Kier molecular flexibility index (Phi) is 6.42. The lowest BCUT2D eigenvalue weighted by atomic mass is 9.65. The van der Waals surface area contributed by atoms with Crippen molar-refractivity contribution in [2.24, 2.45) is 16.9 Å². The summed E-state index contributed by atoms with van der Waals surface area (Å²) in [5.41, 5.74) is 11.1. The van der Waals surface area contributed by atoms with Gasteiger partial charge >= 0.3 is 6.09 Å². The van der Waals surface area contributed by atoms with Crippen LogP contribution in [0.15, 0.2) is 36.5 Å². The van der Waals surface area contributed by atoms with E-state index in [0.29, 0.717) is 18.5 Å². The number of hydrogen-bond acceptors (Lipinski definition) is 9. The number of rotatable bonds is 6. The summed E-state index contributed by atoms with van der Waals surface area (Å²) >= 11 is 0. The summed E-state index contributed by atoms with van der Waals surface area (Å²) in [6, 6.07) is 9.02. The minimum absolute atomic E-state index is 0.0963. The van der Waals surface area contributed by atoms with E-state index in [-0.39, 0.29) is 23.5 Å². The van der Waals surface area contributed by atoms with Crippen LogP contribution in [-0.2, 0) is 4.74 Å². The Labute approximate surface area is 203 Å². The van der Waals surface area contributed by atoms with Gasteiger partial charge in [0.1, 0.15) is 5.60 Å². The standard InChI is InChI=1S/C24H30N8O3/c1-23(2,3)24(35-21(26)34)11-5-4-8-17(24)29-22-30-20(18(19(25)33)31-32-22)28-15-9-10-16-14(13-15)7-6-12-27-16/h6-7,9-10,12-13,17H,4-5,8,11H2,1-3H3,(H2,25,33)(H2,26,34)(H2,28,29,30,32)/t17-,24-/m1/s1. The van der Waals surface area contributed by atoms with E-state index in [4.69, 9.17) is 16.2 Å². The van der Waals surface area contributed by atoms with Crippen molar-refractivity contribution < 1.29 is 14.3 Å². The molecule has 0 unspecified atom stereocenters. The van der Waals surface area contributed by atoms with E-state index in [2.05, 4.69) is 30.8 Å². The Morgan fingerprint density at radius 2 is 1.94 bits per heavy atom. The molecule has 0 aliphatic heterocycles. The van der Waals surface area contributed by atoms with Gasteiger partial charge in [0.05, 0.1) is 11.6 Å². The molecule has 3 aromatic rings. The normalized spacial score (nSPS) is 20.3. The number of hydrogen-bond donors (Lipinski definition) is 4. The number of pyridine rings is 1. The first-order valence-corrected chi connectivity index (χ1v) is 11.5. The summed E-state index contributed by atoms with van der Waals surface area (Å²) in [7, 11) is 0. The molecule has 2 aromatic heterocycles. The number of fused-ring (bicyclic) bond motifs is 1. The summed E-state index contributed by atoms with van der Waals surface area (Å²) in [6.45, 7) is 6.02. The minimum Gasteiger partial charge on any atom is -0.440 e. The van der Waals surface area contributed by atoms with Gasteiger partial charge in [0.2, 0.25) is 5.95 Å². The topological polar surface area (TPSA) is 171 Å². The monoisotopic (exact) mass is 478 g/mol. The van der Waals surface area contributed by atoms with Crippen molar-refractivity contribution in [2.45, 2.75) is 58.1 Å². The Hall–Kier alpha value is -4.02. The number of carbonyl (C=O) groups is 2. The molecule has 2 atom stereocenters. The highest BCUT2D eigenvalue weighted by atomic mass is 16.6. The van der Waals surface area contributed by atoms with Crippen molar-refractivity contribution in [2.75, 3.05) is 10.6 Å². The molecule has 11 heteroatoms. The lowest BCUT2D eigenvalue weighted by Gasteiger charge is -2.51.